The molecule has 3 rings (SSSR count). The first-order chi connectivity index (χ1) is 11.6. The first kappa shape index (κ1) is 15.6. The van der Waals surface area contributed by atoms with Crippen LogP contribution in [0, 0.1) is 0 Å². The minimum absolute atomic E-state index is 0.187. The van der Waals surface area contributed by atoms with Gasteiger partial charge in [0, 0.05) is 6.07 Å². The van der Waals surface area contributed by atoms with E-state index in [1.54, 1.807) is 37.5 Å². The number of hydrogen-bond donors (Lipinski definition) is 0. The molecule has 0 saturated carbocycles. The summed E-state index contributed by atoms with van der Waals surface area (Å²) in [6, 6.07) is 11.7. The van der Waals surface area contributed by atoms with Crippen molar-refractivity contribution in [3.63, 3.8) is 0 Å². The average Bonchev–Trinajstić information content (AvgIpc) is 2.89. The van der Waals surface area contributed by atoms with E-state index in [2.05, 4.69) is 0 Å². The molecular weight excluding hydrogens is 312 g/mol. The fourth-order valence-corrected chi connectivity index (χ4v) is 2.25. The van der Waals surface area contributed by atoms with Gasteiger partial charge in [0.05, 0.1) is 18.6 Å². The predicted molar refractivity (Wildman–Crippen MR) is 82.9 cm³/mol. The molecule has 0 radical (unpaired) electrons. The maximum Gasteiger partial charge on any atom is 0.231 e. The molecule has 0 aromatic heterocycles. The molecule has 0 aliphatic carbocycles. The number of carbonyl (C=O) groups is 2. The summed E-state index contributed by atoms with van der Waals surface area (Å²) in [6.45, 7) is -0.568. The van der Waals surface area contributed by atoms with Crippen molar-refractivity contribution >= 4 is 17.8 Å². The van der Waals surface area contributed by atoms with E-state index in [4.69, 9.17) is 14.2 Å². The number of methoxy groups -OCH3 is 1. The molecule has 0 bridgehead atoms. The van der Waals surface area contributed by atoms with Gasteiger partial charge in [-0.3, -0.25) is 4.79 Å². The number of rotatable bonds is 5. The molecule has 0 saturated heterocycles. The molecule has 1 aliphatic heterocycles. The van der Waals surface area contributed by atoms with Crippen LogP contribution in [0.4, 0.5) is 0 Å². The molecule has 1 aliphatic rings. The summed E-state index contributed by atoms with van der Waals surface area (Å²) in [5.74, 6) is -0.0482. The molecule has 0 atom stereocenters. The summed E-state index contributed by atoms with van der Waals surface area (Å²) in [5, 5.41) is 10.4. The molecule has 6 heteroatoms. The summed E-state index contributed by atoms with van der Waals surface area (Å²) in [7, 11) is 1.58. The smallest absolute Gasteiger partial charge is 0.231 e. The van der Waals surface area contributed by atoms with Gasteiger partial charge in [-0.1, -0.05) is 12.1 Å². The van der Waals surface area contributed by atoms with Crippen molar-refractivity contribution in [1.29, 1.82) is 0 Å². The van der Waals surface area contributed by atoms with E-state index in [-0.39, 0.29) is 17.3 Å². The number of Topliss-reactive ketones (excluding diaryl/α,β-unsaturated/α-hetero) is 1. The largest absolute Gasteiger partial charge is 0.546 e. The van der Waals surface area contributed by atoms with E-state index < -0.39 is 12.6 Å². The van der Waals surface area contributed by atoms with Crippen molar-refractivity contribution in [1.82, 2.24) is 0 Å². The number of ether oxygens (including phenoxy) is 3. The number of ketones is 1. The molecule has 1 heterocycles. The SMILES string of the molecule is COc1ccc(/C=C2\Oc3cc(OCC(=O)[O-])ccc3C2=O)cc1. The zero-order chi connectivity index (χ0) is 17.1. The van der Waals surface area contributed by atoms with Crippen molar-refractivity contribution in [2.75, 3.05) is 13.7 Å². The average molecular weight is 325 g/mol. The quantitative estimate of drug-likeness (QED) is 0.773. The molecule has 6 nitrogen and oxygen atoms in total. The van der Waals surface area contributed by atoms with Crippen LogP contribution in [0.1, 0.15) is 15.9 Å². The maximum atomic E-state index is 12.3. The van der Waals surface area contributed by atoms with Gasteiger partial charge in [-0.25, -0.2) is 0 Å². The topological polar surface area (TPSA) is 84.9 Å². The number of benzene rings is 2. The highest BCUT2D eigenvalue weighted by Gasteiger charge is 2.27. The van der Waals surface area contributed by atoms with Crippen LogP contribution in [-0.2, 0) is 4.79 Å². The van der Waals surface area contributed by atoms with Gasteiger partial charge < -0.3 is 24.1 Å². The number of hydrogen-bond acceptors (Lipinski definition) is 6. The van der Waals surface area contributed by atoms with E-state index in [0.29, 0.717) is 17.1 Å². The second-order valence-electron chi connectivity index (χ2n) is 5.03. The second kappa shape index (κ2) is 6.45. The lowest BCUT2D eigenvalue weighted by Crippen LogP contribution is -2.28. The van der Waals surface area contributed by atoms with Gasteiger partial charge in [-0.2, -0.15) is 0 Å². The minimum atomic E-state index is -1.33. The second-order valence-corrected chi connectivity index (χ2v) is 5.03. The molecule has 0 unspecified atom stereocenters. The van der Waals surface area contributed by atoms with E-state index in [1.807, 2.05) is 0 Å². The van der Waals surface area contributed by atoms with E-state index in [9.17, 15) is 14.7 Å². The number of fused-ring (bicyclic) bond motifs is 1. The highest BCUT2D eigenvalue weighted by molar-refractivity contribution is 6.14. The van der Waals surface area contributed by atoms with Gasteiger partial charge in [-0.05, 0) is 35.9 Å². The summed E-state index contributed by atoms with van der Waals surface area (Å²) in [6.07, 6.45) is 1.63. The first-order valence-electron chi connectivity index (χ1n) is 7.12. The van der Waals surface area contributed by atoms with Crippen molar-refractivity contribution in [2.24, 2.45) is 0 Å². The normalized spacial score (nSPS) is 14.2. The van der Waals surface area contributed by atoms with Gasteiger partial charge in [0.25, 0.3) is 0 Å². The molecule has 0 amide bonds. The van der Waals surface area contributed by atoms with Crippen LogP contribution in [0.2, 0.25) is 0 Å². The maximum absolute atomic E-state index is 12.3. The van der Waals surface area contributed by atoms with E-state index in [0.717, 1.165) is 5.56 Å². The Morgan fingerprint density at radius 1 is 1.17 bits per heavy atom. The summed E-state index contributed by atoms with van der Waals surface area (Å²) < 4.78 is 15.7. The van der Waals surface area contributed by atoms with Gasteiger partial charge in [0.1, 0.15) is 23.9 Å². The lowest BCUT2D eigenvalue weighted by molar-refractivity contribution is -0.307. The summed E-state index contributed by atoms with van der Waals surface area (Å²) in [4.78, 5) is 22.8. The highest BCUT2D eigenvalue weighted by Crippen LogP contribution is 2.34. The van der Waals surface area contributed by atoms with Crippen LogP contribution in [0.15, 0.2) is 48.2 Å². The van der Waals surface area contributed by atoms with Crippen LogP contribution in [0.25, 0.3) is 6.08 Å². The Morgan fingerprint density at radius 2 is 1.88 bits per heavy atom. The molecule has 0 N–H and O–H groups in total. The third-order valence-corrected chi connectivity index (χ3v) is 3.41. The Morgan fingerprint density at radius 3 is 2.54 bits per heavy atom. The first-order valence-corrected chi connectivity index (χ1v) is 7.12. The summed E-state index contributed by atoms with van der Waals surface area (Å²) in [5.41, 5.74) is 1.19. The van der Waals surface area contributed by atoms with E-state index >= 15 is 0 Å². The van der Waals surface area contributed by atoms with Crippen molar-refractivity contribution in [3.8, 4) is 17.2 Å². The number of allylic oxidation sites excluding steroid dienone is 1. The Balaban J connectivity index is 1.81. The van der Waals surface area contributed by atoms with Crippen LogP contribution in [-0.4, -0.2) is 25.5 Å². The number of carboxylic acid groups (broad SMARTS) is 1. The van der Waals surface area contributed by atoms with E-state index in [1.165, 1.54) is 18.2 Å². The van der Waals surface area contributed by atoms with Crippen LogP contribution >= 0.6 is 0 Å². The van der Waals surface area contributed by atoms with Gasteiger partial charge in [-0.15, -0.1) is 0 Å². The van der Waals surface area contributed by atoms with Crippen LogP contribution in [0.5, 0.6) is 17.2 Å². The van der Waals surface area contributed by atoms with Crippen LogP contribution in [0.3, 0.4) is 0 Å². The predicted octanol–water partition coefficient (Wildman–Crippen LogP) is 1.44. The third-order valence-electron chi connectivity index (χ3n) is 3.41. The lowest BCUT2D eigenvalue weighted by Gasteiger charge is -2.07. The Labute approximate surface area is 137 Å². The number of carbonyl (C=O) groups excluding carboxylic acids is 2. The number of carboxylic acids is 1. The molecule has 0 spiro atoms. The molecule has 24 heavy (non-hydrogen) atoms. The Kier molecular flexibility index (Phi) is 4.20. The van der Waals surface area contributed by atoms with Gasteiger partial charge in [0.2, 0.25) is 5.78 Å². The Bertz CT molecular complexity index is 820. The molecule has 2 aromatic carbocycles. The number of aliphatic carboxylic acids is 1. The third kappa shape index (κ3) is 3.22. The summed E-state index contributed by atoms with van der Waals surface area (Å²) >= 11 is 0. The minimum Gasteiger partial charge on any atom is -0.546 e. The fourth-order valence-electron chi connectivity index (χ4n) is 2.25. The molecule has 2 aromatic rings. The van der Waals surface area contributed by atoms with Crippen molar-refractivity contribution in [3.05, 3.63) is 59.4 Å². The standard InChI is InChI=1S/C18H14O6/c1-22-12-4-2-11(3-5-12)8-16-18(21)14-7-6-13(9-15(14)24-16)23-10-17(19)20/h2-9H,10H2,1H3,(H,19,20)/p-1/b16-8-. The van der Waals surface area contributed by atoms with Gasteiger partial charge >= 0.3 is 0 Å². The Hall–Kier alpha value is -3.28. The fraction of sp³-hybridized carbons (Fsp3) is 0.111. The monoisotopic (exact) mass is 325 g/mol. The van der Waals surface area contributed by atoms with Crippen molar-refractivity contribution in [2.45, 2.75) is 0 Å². The lowest BCUT2D eigenvalue weighted by atomic mass is 10.1. The van der Waals surface area contributed by atoms with Gasteiger partial charge in [0.15, 0.2) is 5.76 Å². The zero-order valence-electron chi connectivity index (χ0n) is 12.8. The molecule has 0 fully saturated rings. The zero-order valence-corrected chi connectivity index (χ0v) is 12.8. The highest BCUT2D eigenvalue weighted by atomic mass is 16.5. The van der Waals surface area contributed by atoms with Crippen molar-refractivity contribution < 1.29 is 28.9 Å². The van der Waals surface area contributed by atoms with Crippen LogP contribution < -0.4 is 19.3 Å². The molecular formula is C18H13O6-. The molecule has 122 valence electrons.